The molecule has 0 saturated heterocycles. The van der Waals surface area contributed by atoms with Crippen LogP contribution in [-0.2, 0) is 0 Å². The van der Waals surface area contributed by atoms with Crippen LogP contribution in [0, 0.1) is 0 Å². The molecule has 46 heteroatoms. The number of carboxylic acid groups (broad SMARTS) is 1. The highest BCUT2D eigenvalue weighted by Crippen LogP contribution is 2.69. The van der Waals surface area contributed by atoms with Crippen molar-refractivity contribution < 1.29 is 204 Å². The first-order chi connectivity index (χ1) is 42.0. The fourth-order valence-corrected chi connectivity index (χ4v) is 8.11. The van der Waals surface area contributed by atoms with E-state index < -0.39 is 163 Å². The number of unbranched alkanes of at least 4 members (excludes halogenated alkanes) is 16. The molecule has 0 fully saturated rings. The van der Waals surface area contributed by atoms with Gasteiger partial charge in [-0.2, -0.15) is 184 Å². The van der Waals surface area contributed by atoms with Gasteiger partial charge in [0.1, 0.15) is 0 Å². The largest absolute Gasteiger partial charge is 0.490 e. The SMILES string of the molecule is O=C(O)c1ccc(OCCCCCCCCCCCC(F)(F)C(F)(F)C(F)(F)C(F)(F)C(F)(F)C(F)(F)C(F)(F)C(F)(F)C(F)(F)C(F)(F)F)c(OCCCCCCCCCCCC(F)(F)C(F)(F)C(F)(F)C(F)(F)C(F)(F)C(F)(F)C(F)(F)C(F)(F)C(F)(F)C(F)(F)F)c1. The highest BCUT2D eigenvalue weighted by Gasteiger charge is 3.00. The third kappa shape index (κ3) is 16.0. The standard InChI is InChI=1S/C49H48F42O4/c50-30(51,32(54,55)34(58,59)36(62,63)38(66,67)40(70,71)42(74,75)44(78,79)46(82,83)48(86,87)88)21-15-11-7-3-1-5-9-13-17-23-94-27-20-19-26(29(92)93)25-28(27)95-24-18-14-10-6-2-4-8-12-16-22-31(52,53)33(56,57)35(60,61)37(64,65)39(68,69)41(72,73)43(76,77)45(80,81)47(84,85)49(89,90)91/h19-20,25H,1-18,21-24H2,(H,92,93). The highest BCUT2D eigenvalue weighted by atomic mass is 19.5. The quantitative estimate of drug-likeness (QED) is 0.0523. The van der Waals surface area contributed by atoms with Crippen LogP contribution < -0.4 is 9.47 Å². The lowest BCUT2D eigenvalue weighted by Gasteiger charge is -2.44. The molecule has 1 aromatic rings. The normalized spacial score (nSPS) is 15.4. The molecule has 0 radical (unpaired) electrons. The maximum atomic E-state index is 14.3. The number of ether oxygens (including phenoxy) is 2. The lowest BCUT2D eigenvalue weighted by molar-refractivity contribution is -0.474. The third-order valence-corrected chi connectivity index (χ3v) is 14.1. The number of hydrogen-bond donors (Lipinski definition) is 1. The lowest BCUT2D eigenvalue weighted by atomic mass is 9.85. The fraction of sp³-hybridized carbons (Fsp3) is 0.857. The van der Waals surface area contributed by atoms with Crippen molar-refractivity contribution in [2.45, 2.75) is 247 Å². The summed E-state index contributed by atoms with van der Waals surface area (Å²) in [6, 6.07) is 3.33. The monoisotopic (exact) mass is 1500 g/mol. The van der Waals surface area contributed by atoms with E-state index in [-0.39, 0.29) is 88.1 Å². The molecule has 0 unspecified atom stereocenters. The number of benzene rings is 1. The molecule has 0 heterocycles. The molecule has 0 spiro atoms. The van der Waals surface area contributed by atoms with Gasteiger partial charge in [-0.05, 0) is 43.9 Å². The molecule has 1 rings (SSSR count). The van der Waals surface area contributed by atoms with E-state index in [1.165, 1.54) is 6.07 Å². The molecule has 562 valence electrons. The van der Waals surface area contributed by atoms with Gasteiger partial charge in [0.05, 0.1) is 18.8 Å². The average Bonchev–Trinajstić information content (AvgIpc) is 0.695. The molecule has 95 heavy (non-hydrogen) atoms. The van der Waals surface area contributed by atoms with E-state index in [0.717, 1.165) is 12.1 Å². The Kier molecular flexibility index (Phi) is 27.2. The fourth-order valence-electron chi connectivity index (χ4n) is 8.11. The Morgan fingerprint density at radius 1 is 0.253 bits per heavy atom. The first kappa shape index (κ1) is 88.4. The Bertz CT molecular complexity index is 2610. The molecule has 0 bridgehead atoms. The summed E-state index contributed by atoms with van der Waals surface area (Å²) in [4.78, 5) is 11.5. The van der Waals surface area contributed by atoms with E-state index in [2.05, 4.69) is 0 Å². The van der Waals surface area contributed by atoms with Crippen LogP contribution >= 0.6 is 0 Å². The molecule has 0 aliphatic rings. The molecule has 0 atom stereocenters. The van der Waals surface area contributed by atoms with Crippen LogP contribution in [-0.4, -0.2) is 143 Å². The average molecular weight is 1500 g/mol. The van der Waals surface area contributed by atoms with Crippen LogP contribution in [0.1, 0.15) is 139 Å². The zero-order valence-electron chi connectivity index (χ0n) is 46.8. The Labute approximate surface area is 505 Å². The number of halogens is 42. The van der Waals surface area contributed by atoms with Crippen molar-refractivity contribution >= 4 is 5.97 Å². The zero-order valence-corrected chi connectivity index (χ0v) is 46.8. The molecule has 4 nitrogen and oxygen atoms in total. The number of alkyl halides is 42. The number of hydrogen-bond acceptors (Lipinski definition) is 3. The van der Waals surface area contributed by atoms with Crippen molar-refractivity contribution in [2.24, 2.45) is 0 Å². The van der Waals surface area contributed by atoms with E-state index in [1.54, 1.807) is 0 Å². The van der Waals surface area contributed by atoms with Gasteiger partial charge in [0, 0.05) is 12.8 Å². The van der Waals surface area contributed by atoms with E-state index in [0.29, 0.717) is 32.1 Å². The van der Waals surface area contributed by atoms with Crippen molar-refractivity contribution in [3.8, 4) is 11.5 Å². The van der Waals surface area contributed by atoms with Crippen LogP contribution in [0.3, 0.4) is 0 Å². The molecule has 0 aliphatic heterocycles. The first-order valence-corrected chi connectivity index (χ1v) is 26.5. The van der Waals surface area contributed by atoms with Crippen LogP contribution in [0.5, 0.6) is 11.5 Å². The number of carboxylic acids is 1. The molecule has 0 aliphatic carbocycles. The molecule has 1 aromatic carbocycles. The predicted octanol–water partition coefficient (Wildman–Crippen LogP) is 22.5. The van der Waals surface area contributed by atoms with Crippen molar-refractivity contribution in [1.29, 1.82) is 0 Å². The second-order valence-electron chi connectivity index (χ2n) is 21.1. The summed E-state index contributed by atoms with van der Waals surface area (Å²) >= 11 is 0. The predicted molar refractivity (Wildman–Crippen MR) is 238 cm³/mol. The Morgan fingerprint density at radius 3 is 0.663 bits per heavy atom. The Hall–Kier alpha value is -4.65. The minimum absolute atomic E-state index is 0.00192. The lowest BCUT2D eigenvalue weighted by Crippen LogP contribution is -2.76. The van der Waals surface area contributed by atoms with E-state index in [9.17, 15) is 194 Å². The highest BCUT2D eigenvalue weighted by molar-refractivity contribution is 5.88. The number of rotatable bonds is 43. The molecule has 1 N–H and O–H groups in total. The van der Waals surface area contributed by atoms with Gasteiger partial charge >= 0.3 is 125 Å². The van der Waals surface area contributed by atoms with Gasteiger partial charge in [-0.25, -0.2) is 4.79 Å². The second-order valence-corrected chi connectivity index (χ2v) is 21.1. The summed E-state index contributed by atoms with van der Waals surface area (Å²) in [6.07, 6.45) is -23.5. The van der Waals surface area contributed by atoms with Crippen molar-refractivity contribution in [3.63, 3.8) is 0 Å². The molecule has 0 aromatic heterocycles. The van der Waals surface area contributed by atoms with Crippen molar-refractivity contribution in [3.05, 3.63) is 23.8 Å². The third-order valence-electron chi connectivity index (χ3n) is 14.1. The summed E-state index contributed by atoms with van der Waals surface area (Å²) in [6.45, 7) is -0.210. The second kappa shape index (κ2) is 29.3. The summed E-state index contributed by atoms with van der Waals surface area (Å²) in [7, 11) is 0. The van der Waals surface area contributed by atoms with Gasteiger partial charge < -0.3 is 14.6 Å². The summed E-state index contributed by atoms with van der Waals surface area (Å²) < 4.78 is 583. The van der Waals surface area contributed by atoms with Gasteiger partial charge in [-0.3, -0.25) is 0 Å². The maximum Gasteiger partial charge on any atom is 0.460 e. The zero-order chi connectivity index (χ0) is 75.4. The van der Waals surface area contributed by atoms with E-state index >= 15 is 0 Å². The Balaban J connectivity index is 2.67. The number of carbonyl (C=O) groups is 1. The molecule has 0 saturated carbocycles. The summed E-state index contributed by atoms with van der Waals surface area (Å²) in [5, 5.41) is 9.36. The van der Waals surface area contributed by atoms with Crippen LogP contribution in [0.15, 0.2) is 18.2 Å². The minimum atomic E-state index is -9.27. The van der Waals surface area contributed by atoms with E-state index in [1.807, 2.05) is 0 Å². The van der Waals surface area contributed by atoms with Gasteiger partial charge in [-0.1, -0.05) is 89.9 Å². The van der Waals surface area contributed by atoms with Crippen LogP contribution in [0.2, 0.25) is 0 Å². The van der Waals surface area contributed by atoms with Crippen molar-refractivity contribution in [1.82, 2.24) is 0 Å². The van der Waals surface area contributed by atoms with Crippen molar-refractivity contribution in [2.75, 3.05) is 13.2 Å². The van der Waals surface area contributed by atoms with Gasteiger partial charge in [0.2, 0.25) is 0 Å². The molecule has 0 amide bonds. The first-order valence-electron chi connectivity index (χ1n) is 26.5. The maximum absolute atomic E-state index is 14.3. The summed E-state index contributed by atoms with van der Waals surface area (Å²) in [5.41, 5.74) is -0.303. The van der Waals surface area contributed by atoms with Crippen LogP contribution in [0.4, 0.5) is 184 Å². The topological polar surface area (TPSA) is 55.8 Å². The number of aromatic carboxylic acids is 1. The molecular formula is C49H48F42O4. The summed E-state index contributed by atoms with van der Waals surface area (Å²) in [5.74, 6) is -157. The van der Waals surface area contributed by atoms with Gasteiger partial charge in [-0.15, -0.1) is 0 Å². The smallest absolute Gasteiger partial charge is 0.460 e. The van der Waals surface area contributed by atoms with Gasteiger partial charge in [0.25, 0.3) is 0 Å². The van der Waals surface area contributed by atoms with Gasteiger partial charge in [0.15, 0.2) is 11.5 Å². The molecular weight excluding hydrogens is 1450 g/mol. The minimum Gasteiger partial charge on any atom is -0.490 e. The Morgan fingerprint density at radius 2 is 0.442 bits per heavy atom. The van der Waals surface area contributed by atoms with E-state index in [4.69, 9.17) is 9.47 Å². The van der Waals surface area contributed by atoms with Crippen LogP contribution in [0.25, 0.3) is 0 Å².